The Morgan fingerprint density at radius 3 is 2.14 bits per heavy atom. The number of hydrogen-bond donors (Lipinski definition) is 3. The van der Waals surface area contributed by atoms with Crippen LogP contribution in [0, 0.1) is 5.92 Å². The van der Waals surface area contributed by atoms with E-state index in [1.54, 1.807) is 36.4 Å². The van der Waals surface area contributed by atoms with Gasteiger partial charge in [-0.25, -0.2) is 0 Å². The molecule has 0 aliphatic heterocycles. The zero-order valence-corrected chi connectivity index (χ0v) is 16.0. The number of nitrogens with two attached hydrogens (primary N) is 1. The third-order valence-electron chi connectivity index (χ3n) is 3.91. The van der Waals surface area contributed by atoms with Crippen molar-refractivity contribution in [3.63, 3.8) is 0 Å². The number of nitrogens with one attached hydrogen (secondary N) is 2. The van der Waals surface area contributed by atoms with Crippen LogP contribution < -0.4 is 21.1 Å². The number of anilines is 1. The van der Waals surface area contributed by atoms with Crippen LogP contribution in [0.25, 0.3) is 0 Å². The van der Waals surface area contributed by atoms with E-state index in [1.165, 1.54) is 0 Å². The van der Waals surface area contributed by atoms with Crippen molar-refractivity contribution in [2.75, 3.05) is 11.9 Å². The number of primary amides is 1. The SMILES string of the molecule is CC(C)C(=O)Nc1ccc(CNC(=O)COc2ccc(CC(N)=O)cc2)cc1. The molecule has 0 fully saturated rings. The highest BCUT2D eigenvalue weighted by molar-refractivity contribution is 5.92. The van der Waals surface area contributed by atoms with Gasteiger partial charge in [0, 0.05) is 18.2 Å². The number of carbonyl (C=O) groups excluding carboxylic acids is 3. The van der Waals surface area contributed by atoms with Crippen LogP contribution in [0.1, 0.15) is 25.0 Å². The molecule has 0 saturated heterocycles. The molecule has 28 heavy (non-hydrogen) atoms. The number of carbonyl (C=O) groups is 3. The number of benzene rings is 2. The molecule has 3 amide bonds. The molecule has 0 heterocycles. The van der Waals surface area contributed by atoms with E-state index < -0.39 is 5.91 Å². The van der Waals surface area contributed by atoms with Gasteiger partial charge < -0.3 is 21.1 Å². The fourth-order valence-corrected chi connectivity index (χ4v) is 2.30. The third-order valence-corrected chi connectivity index (χ3v) is 3.91. The Morgan fingerprint density at radius 1 is 0.964 bits per heavy atom. The minimum atomic E-state index is -0.400. The number of amides is 3. The van der Waals surface area contributed by atoms with Crippen molar-refractivity contribution in [3.8, 4) is 5.75 Å². The maximum absolute atomic E-state index is 11.9. The molecule has 0 aromatic heterocycles. The molecule has 7 heteroatoms. The molecule has 0 spiro atoms. The highest BCUT2D eigenvalue weighted by Gasteiger charge is 2.07. The van der Waals surface area contributed by atoms with Gasteiger partial charge in [0.1, 0.15) is 5.75 Å². The molecule has 2 rings (SSSR count). The fourth-order valence-electron chi connectivity index (χ4n) is 2.30. The first kappa shape index (κ1) is 21.0. The van der Waals surface area contributed by atoms with Gasteiger partial charge in [-0.1, -0.05) is 38.1 Å². The van der Waals surface area contributed by atoms with Crippen molar-refractivity contribution in [1.29, 1.82) is 0 Å². The maximum Gasteiger partial charge on any atom is 0.258 e. The van der Waals surface area contributed by atoms with Gasteiger partial charge in [0.05, 0.1) is 6.42 Å². The summed E-state index contributed by atoms with van der Waals surface area (Å²) >= 11 is 0. The lowest BCUT2D eigenvalue weighted by atomic mass is 10.1. The number of hydrogen-bond acceptors (Lipinski definition) is 4. The first-order chi connectivity index (χ1) is 13.3. The molecule has 2 aromatic carbocycles. The number of ether oxygens (including phenoxy) is 1. The number of rotatable bonds is 9. The summed E-state index contributed by atoms with van der Waals surface area (Å²) in [5, 5.41) is 5.59. The van der Waals surface area contributed by atoms with Gasteiger partial charge in [0.25, 0.3) is 5.91 Å². The molecular weight excluding hydrogens is 358 g/mol. The summed E-state index contributed by atoms with van der Waals surface area (Å²) in [7, 11) is 0. The average molecular weight is 383 g/mol. The van der Waals surface area contributed by atoms with Crippen molar-refractivity contribution >= 4 is 23.4 Å². The van der Waals surface area contributed by atoms with Crippen LogP contribution in [0.3, 0.4) is 0 Å². The summed E-state index contributed by atoms with van der Waals surface area (Å²) in [5.74, 6) is -0.241. The zero-order chi connectivity index (χ0) is 20.5. The van der Waals surface area contributed by atoms with Crippen LogP contribution in [-0.2, 0) is 27.3 Å². The monoisotopic (exact) mass is 383 g/mol. The Kier molecular flexibility index (Phi) is 7.56. The van der Waals surface area contributed by atoms with Crippen LogP contribution in [0.5, 0.6) is 5.75 Å². The molecule has 0 saturated carbocycles. The fraction of sp³-hybridized carbons (Fsp3) is 0.286. The largest absolute Gasteiger partial charge is 0.484 e. The van der Waals surface area contributed by atoms with Gasteiger partial charge in [0.2, 0.25) is 11.8 Å². The van der Waals surface area contributed by atoms with Gasteiger partial charge in [-0.05, 0) is 35.4 Å². The van der Waals surface area contributed by atoms with Crippen molar-refractivity contribution in [1.82, 2.24) is 5.32 Å². The minimum absolute atomic E-state index is 0.0409. The van der Waals surface area contributed by atoms with Crippen LogP contribution in [0.15, 0.2) is 48.5 Å². The van der Waals surface area contributed by atoms with Crippen LogP contribution in [0.2, 0.25) is 0 Å². The van der Waals surface area contributed by atoms with E-state index in [4.69, 9.17) is 10.5 Å². The smallest absolute Gasteiger partial charge is 0.258 e. The minimum Gasteiger partial charge on any atom is -0.484 e. The van der Waals surface area contributed by atoms with Crippen molar-refractivity contribution in [3.05, 3.63) is 59.7 Å². The first-order valence-electron chi connectivity index (χ1n) is 9.00. The van der Waals surface area contributed by atoms with E-state index in [1.807, 2.05) is 26.0 Å². The first-order valence-corrected chi connectivity index (χ1v) is 9.00. The maximum atomic E-state index is 11.9. The predicted octanol–water partition coefficient (Wildman–Crippen LogP) is 2.00. The molecule has 2 aromatic rings. The summed E-state index contributed by atoms with van der Waals surface area (Å²) in [6.45, 7) is 3.91. The predicted molar refractivity (Wildman–Crippen MR) is 107 cm³/mol. The van der Waals surface area contributed by atoms with Crippen LogP contribution in [-0.4, -0.2) is 24.3 Å². The van der Waals surface area contributed by atoms with E-state index in [2.05, 4.69) is 10.6 Å². The van der Waals surface area contributed by atoms with Gasteiger partial charge in [0.15, 0.2) is 6.61 Å². The molecule has 0 aliphatic carbocycles. The zero-order valence-electron chi connectivity index (χ0n) is 16.0. The van der Waals surface area contributed by atoms with Crippen LogP contribution >= 0.6 is 0 Å². The normalized spacial score (nSPS) is 10.4. The molecule has 0 unspecified atom stereocenters. The van der Waals surface area contributed by atoms with E-state index >= 15 is 0 Å². The molecule has 0 radical (unpaired) electrons. The van der Waals surface area contributed by atoms with E-state index in [9.17, 15) is 14.4 Å². The van der Waals surface area contributed by atoms with E-state index in [-0.39, 0.29) is 30.8 Å². The van der Waals surface area contributed by atoms with Gasteiger partial charge >= 0.3 is 0 Å². The lowest BCUT2D eigenvalue weighted by Gasteiger charge is -2.10. The molecule has 0 bridgehead atoms. The Balaban J connectivity index is 1.74. The van der Waals surface area contributed by atoms with Gasteiger partial charge in [-0.15, -0.1) is 0 Å². The highest BCUT2D eigenvalue weighted by Crippen LogP contribution is 2.13. The molecule has 148 valence electrons. The Morgan fingerprint density at radius 2 is 1.57 bits per heavy atom. The Bertz CT molecular complexity index is 815. The van der Waals surface area contributed by atoms with Crippen molar-refractivity contribution in [2.45, 2.75) is 26.8 Å². The third kappa shape index (κ3) is 7.11. The summed E-state index contributed by atoms with van der Waals surface area (Å²) in [4.78, 5) is 34.5. The Labute approximate surface area is 164 Å². The summed E-state index contributed by atoms with van der Waals surface area (Å²) < 4.78 is 5.43. The van der Waals surface area contributed by atoms with E-state index in [0.717, 1.165) is 16.8 Å². The average Bonchev–Trinajstić information content (AvgIpc) is 2.66. The van der Waals surface area contributed by atoms with Crippen molar-refractivity contribution < 1.29 is 19.1 Å². The molecule has 0 aliphatic rings. The van der Waals surface area contributed by atoms with Crippen molar-refractivity contribution in [2.24, 2.45) is 11.7 Å². The summed E-state index contributed by atoms with van der Waals surface area (Å²) in [6.07, 6.45) is 0.167. The molecule has 0 atom stereocenters. The van der Waals surface area contributed by atoms with E-state index in [0.29, 0.717) is 12.3 Å². The highest BCUT2D eigenvalue weighted by atomic mass is 16.5. The summed E-state index contributed by atoms with van der Waals surface area (Å²) in [5.41, 5.74) is 7.56. The van der Waals surface area contributed by atoms with Gasteiger partial charge in [-0.2, -0.15) is 0 Å². The lowest BCUT2D eigenvalue weighted by Crippen LogP contribution is -2.28. The molecule has 4 N–H and O–H groups in total. The standard InChI is InChI=1S/C21H25N3O4/c1-14(2)21(27)24-17-7-3-16(4-8-17)12-23-20(26)13-28-18-9-5-15(6-10-18)11-19(22)25/h3-10,14H,11-13H2,1-2H3,(H2,22,25)(H,23,26)(H,24,27). The van der Waals surface area contributed by atoms with Gasteiger partial charge in [-0.3, -0.25) is 14.4 Å². The second-order valence-electron chi connectivity index (χ2n) is 6.69. The quantitative estimate of drug-likeness (QED) is 0.615. The second kappa shape index (κ2) is 10.1. The summed E-state index contributed by atoms with van der Waals surface area (Å²) in [6, 6.07) is 14.1. The van der Waals surface area contributed by atoms with Crippen LogP contribution in [0.4, 0.5) is 5.69 Å². The molecular formula is C21H25N3O4. The topological polar surface area (TPSA) is 111 Å². The molecule has 7 nitrogen and oxygen atoms in total. The second-order valence-corrected chi connectivity index (χ2v) is 6.69. The Hall–Kier alpha value is -3.35. The lowest BCUT2D eigenvalue weighted by molar-refractivity contribution is -0.123.